The number of carbonyl (C=O) groups is 1. The molecular formula is C13H28O. The molecule has 0 aliphatic carbocycles. The zero-order valence-corrected chi connectivity index (χ0v) is 10.0. The van der Waals surface area contributed by atoms with Crippen molar-refractivity contribution < 1.29 is 4.79 Å². The molecule has 0 atom stereocenters. The highest BCUT2D eigenvalue weighted by Crippen LogP contribution is 2.24. The average molecular weight is 200 g/mol. The monoisotopic (exact) mass is 200 g/mol. The topological polar surface area (TPSA) is 17.1 Å². The van der Waals surface area contributed by atoms with Crippen LogP contribution in [0.4, 0.5) is 0 Å². The van der Waals surface area contributed by atoms with Gasteiger partial charge in [-0.1, -0.05) is 49.0 Å². The first-order chi connectivity index (χ1) is 5.63. The van der Waals surface area contributed by atoms with Crippen LogP contribution in [-0.2, 0) is 4.79 Å². The minimum atomic E-state index is -0.155. The van der Waals surface area contributed by atoms with Crippen molar-refractivity contribution in [3.05, 3.63) is 0 Å². The molecule has 0 aromatic rings. The molecule has 1 heteroatoms. The molecule has 0 heterocycles. The fourth-order valence-electron chi connectivity index (χ4n) is 1.15. The van der Waals surface area contributed by atoms with Crippen molar-refractivity contribution in [3.8, 4) is 0 Å². The van der Waals surface area contributed by atoms with Crippen LogP contribution in [-0.4, -0.2) is 5.78 Å². The number of hydrogen-bond donors (Lipinski definition) is 0. The van der Waals surface area contributed by atoms with E-state index in [0.717, 1.165) is 19.3 Å². The molecule has 0 aliphatic rings. The summed E-state index contributed by atoms with van der Waals surface area (Å²) in [6.07, 6.45) is 2.90. The molecule has 0 radical (unpaired) electrons. The van der Waals surface area contributed by atoms with Gasteiger partial charge in [0.15, 0.2) is 0 Å². The summed E-state index contributed by atoms with van der Waals surface area (Å²) in [5.74, 6) is 0.386. The van der Waals surface area contributed by atoms with Gasteiger partial charge in [-0.3, -0.25) is 4.79 Å². The lowest BCUT2D eigenvalue weighted by Crippen LogP contribution is -2.20. The Morgan fingerprint density at radius 1 is 1.00 bits per heavy atom. The predicted molar refractivity (Wildman–Crippen MR) is 64.5 cm³/mol. The summed E-state index contributed by atoms with van der Waals surface area (Å²) in [7, 11) is 0. The van der Waals surface area contributed by atoms with Crippen molar-refractivity contribution in [2.45, 2.75) is 68.2 Å². The van der Waals surface area contributed by atoms with E-state index in [1.807, 2.05) is 20.8 Å². The van der Waals surface area contributed by atoms with Crippen LogP contribution in [0.1, 0.15) is 68.2 Å². The van der Waals surface area contributed by atoms with Crippen LogP contribution in [0.3, 0.4) is 0 Å². The van der Waals surface area contributed by atoms with Crippen LogP contribution >= 0.6 is 0 Å². The molecule has 0 aromatic carbocycles. The van der Waals surface area contributed by atoms with Gasteiger partial charge in [-0.2, -0.15) is 0 Å². The van der Waals surface area contributed by atoms with E-state index in [9.17, 15) is 4.79 Å². The van der Waals surface area contributed by atoms with E-state index in [1.165, 1.54) is 0 Å². The molecule has 14 heavy (non-hydrogen) atoms. The molecule has 0 amide bonds. The Labute approximate surface area is 90.3 Å². The van der Waals surface area contributed by atoms with Gasteiger partial charge < -0.3 is 0 Å². The third-order valence-electron chi connectivity index (χ3n) is 2.17. The van der Waals surface area contributed by atoms with Gasteiger partial charge in [-0.05, 0) is 18.3 Å². The lowest BCUT2D eigenvalue weighted by atomic mass is 9.84. The van der Waals surface area contributed by atoms with Gasteiger partial charge in [0.1, 0.15) is 5.78 Å². The minimum absolute atomic E-state index is 0. The van der Waals surface area contributed by atoms with E-state index in [2.05, 4.69) is 20.8 Å². The van der Waals surface area contributed by atoms with Crippen molar-refractivity contribution in [1.29, 1.82) is 0 Å². The minimum Gasteiger partial charge on any atom is -0.299 e. The number of carbonyl (C=O) groups excluding carboxylic acids is 1. The fraction of sp³-hybridized carbons (Fsp3) is 0.923. The van der Waals surface area contributed by atoms with E-state index in [-0.39, 0.29) is 12.8 Å². The summed E-state index contributed by atoms with van der Waals surface area (Å²) < 4.78 is 0. The van der Waals surface area contributed by atoms with Crippen molar-refractivity contribution in [2.24, 2.45) is 10.8 Å². The number of rotatable bonds is 3. The molecule has 0 aromatic heterocycles. The molecule has 0 rings (SSSR count). The average Bonchev–Trinajstić information content (AvgIpc) is 1.82. The van der Waals surface area contributed by atoms with Crippen molar-refractivity contribution in [2.75, 3.05) is 0 Å². The summed E-state index contributed by atoms with van der Waals surface area (Å²) in [6.45, 7) is 12.6. The van der Waals surface area contributed by atoms with Crippen molar-refractivity contribution in [3.63, 3.8) is 0 Å². The summed E-state index contributed by atoms with van der Waals surface area (Å²) in [4.78, 5) is 11.6. The highest BCUT2D eigenvalue weighted by atomic mass is 16.1. The maximum Gasteiger partial charge on any atom is 0.138 e. The van der Waals surface area contributed by atoms with E-state index >= 15 is 0 Å². The third-order valence-corrected chi connectivity index (χ3v) is 2.17. The first-order valence-corrected chi connectivity index (χ1v) is 5.16. The van der Waals surface area contributed by atoms with E-state index in [0.29, 0.717) is 11.2 Å². The summed E-state index contributed by atoms with van der Waals surface area (Å²) in [5, 5.41) is 0. The summed E-state index contributed by atoms with van der Waals surface area (Å²) >= 11 is 0. The first kappa shape index (κ1) is 16.1. The third kappa shape index (κ3) is 8.28. The highest BCUT2D eigenvalue weighted by molar-refractivity contribution is 5.83. The molecule has 0 aliphatic heterocycles. The van der Waals surface area contributed by atoms with Crippen LogP contribution in [0.2, 0.25) is 0 Å². The van der Waals surface area contributed by atoms with Crippen LogP contribution in [0.15, 0.2) is 0 Å². The highest BCUT2D eigenvalue weighted by Gasteiger charge is 2.21. The molecule has 0 bridgehead atoms. The van der Waals surface area contributed by atoms with Crippen LogP contribution in [0.5, 0.6) is 0 Å². The number of Topliss-reactive ketones (excluding diaryl/α,β-unsaturated/α-hetero) is 1. The summed E-state index contributed by atoms with van der Waals surface area (Å²) in [6, 6.07) is 0. The SMILES string of the molecule is C.CC(C)(C)CCCC(=O)C(C)(C)C. The first-order valence-electron chi connectivity index (χ1n) is 5.16. The largest absolute Gasteiger partial charge is 0.299 e. The Morgan fingerprint density at radius 3 is 1.71 bits per heavy atom. The molecule has 0 unspecified atom stereocenters. The van der Waals surface area contributed by atoms with Crippen molar-refractivity contribution >= 4 is 5.78 Å². The Morgan fingerprint density at radius 2 is 1.43 bits per heavy atom. The quantitative estimate of drug-likeness (QED) is 0.657. The molecule has 0 fully saturated rings. The van der Waals surface area contributed by atoms with Crippen LogP contribution in [0.25, 0.3) is 0 Å². The van der Waals surface area contributed by atoms with Gasteiger partial charge in [0, 0.05) is 11.8 Å². The fourth-order valence-corrected chi connectivity index (χ4v) is 1.15. The van der Waals surface area contributed by atoms with Gasteiger partial charge in [-0.25, -0.2) is 0 Å². The molecule has 0 spiro atoms. The molecule has 0 saturated carbocycles. The van der Waals surface area contributed by atoms with Gasteiger partial charge in [0.05, 0.1) is 0 Å². The van der Waals surface area contributed by atoms with Gasteiger partial charge in [0.25, 0.3) is 0 Å². The van der Waals surface area contributed by atoms with Crippen molar-refractivity contribution in [1.82, 2.24) is 0 Å². The lowest BCUT2D eigenvalue weighted by Gasteiger charge is -2.20. The zero-order valence-electron chi connectivity index (χ0n) is 10.0. The van der Waals surface area contributed by atoms with E-state index < -0.39 is 0 Å². The Bertz CT molecular complexity index is 167. The van der Waals surface area contributed by atoms with Gasteiger partial charge in [-0.15, -0.1) is 0 Å². The van der Waals surface area contributed by atoms with Gasteiger partial charge >= 0.3 is 0 Å². The van der Waals surface area contributed by atoms with Crippen LogP contribution < -0.4 is 0 Å². The number of hydrogen-bond acceptors (Lipinski definition) is 1. The van der Waals surface area contributed by atoms with Crippen LogP contribution in [0, 0.1) is 10.8 Å². The lowest BCUT2D eigenvalue weighted by molar-refractivity contribution is -0.126. The predicted octanol–water partition coefficient (Wildman–Crippen LogP) is 4.45. The zero-order chi connectivity index (χ0) is 10.7. The van der Waals surface area contributed by atoms with E-state index in [4.69, 9.17) is 0 Å². The second-order valence-corrected chi connectivity index (χ2v) is 6.09. The Kier molecular flexibility index (Phi) is 6.36. The second kappa shape index (κ2) is 5.53. The maximum absolute atomic E-state index is 11.6. The Balaban J connectivity index is 0. The number of ketones is 1. The maximum atomic E-state index is 11.6. The summed E-state index contributed by atoms with van der Waals surface area (Å²) in [5.41, 5.74) is 0.204. The van der Waals surface area contributed by atoms with Gasteiger partial charge in [0.2, 0.25) is 0 Å². The Hall–Kier alpha value is -0.330. The molecular weight excluding hydrogens is 172 g/mol. The van der Waals surface area contributed by atoms with E-state index in [1.54, 1.807) is 0 Å². The molecule has 1 nitrogen and oxygen atoms in total. The smallest absolute Gasteiger partial charge is 0.138 e. The molecule has 0 saturated heterocycles. The standard InChI is InChI=1S/C12H24O.CH4/c1-11(2,3)9-7-8-10(13)12(4,5)6;/h7-9H2,1-6H3;1H4. The molecule has 86 valence electrons. The molecule has 0 N–H and O–H groups in total. The second-order valence-electron chi connectivity index (χ2n) is 6.09. The normalized spacial score (nSPS) is 12.1.